The van der Waals surface area contributed by atoms with Gasteiger partial charge in [0.05, 0.1) is 13.2 Å². The highest BCUT2D eigenvalue weighted by Gasteiger charge is 2.19. The molecule has 108 valence electrons. The number of thiophene rings is 1. The van der Waals surface area contributed by atoms with E-state index in [1.165, 1.54) is 4.88 Å². The van der Waals surface area contributed by atoms with E-state index in [4.69, 9.17) is 4.74 Å². The number of benzene rings is 1. The van der Waals surface area contributed by atoms with Crippen molar-refractivity contribution in [1.29, 1.82) is 0 Å². The Morgan fingerprint density at radius 2 is 1.85 bits per heavy atom. The highest BCUT2D eigenvalue weighted by atomic mass is 32.1. The van der Waals surface area contributed by atoms with E-state index in [2.05, 4.69) is 26.8 Å². The molecule has 3 heteroatoms. The molecule has 1 unspecified atom stereocenters. The summed E-state index contributed by atoms with van der Waals surface area (Å²) in [5.41, 5.74) is 1.17. The van der Waals surface area contributed by atoms with Gasteiger partial charge in [0.25, 0.3) is 0 Å². The second kappa shape index (κ2) is 5.98. The number of hydrogen-bond donors (Lipinski definition) is 1. The number of methoxy groups -OCH3 is 1. The summed E-state index contributed by atoms with van der Waals surface area (Å²) in [4.78, 5) is 2.31. The molecule has 1 heterocycles. The Morgan fingerprint density at radius 3 is 2.45 bits per heavy atom. The van der Waals surface area contributed by atoms with Crippen molar-refractivity contribution in [2.45, 2.75) is 38.7 Å². The number of hydrogen-bond acceptors (Lipinski definition) is 3. The summed E-state index contributed by atoms with van der Waals surface area (Å²) in [5, 5.41) is 10.4. The van der Waals surface area contributed by atoms with Gasteiger partial charge in [-0.05, 0) is 29.2 Å². The summed E-state index contributed by atoms with van der Waals surface area (Å²) >= 11 is 1.69. The van der Waals surface area contributed by atoms with E-state index in [0.29, 0.717) is 6.42 Å². The van der Waals surface area contributed by atoms with E-state index in [0.717, 1.165) is 16.2 Å². The summed E-state index contributed by atoms with van der Waals surface area (Å²) in [6.07, 6.45) is 0.0982. The van der Waals surface area contributed by atoms with E-state index in [1.54, 1.807) is 18.4 Å². The highest BCUT2D eigenvalue weighted by molar-refractivity contribution is 7.12. The van der Waals surface area contributed by atoms with E-state index in [1.807, 2.05) is 30.3 Å². The largest absolute Gasteiger partial charge is 0.496 e. The molecule has 1 N–H and O–H groups in total. The van der Waals surface area contributed by atoms with E-state index in [-0.39, 0.29) is 5.41 Å². The average molecular weight is 290 g/mol. The van der Waals surface area contributed by atoms with Crippen molar-refractivity contribution in [1.82, 2.24) is 0 Å². The first kappa shape index (κ1) is 15.1. The summed E-state index contributed by atoms with van der Waals surface area (Å²) in [6.45, 7) is 6.57. The molecule has 0 aliphatic rings. The fourth-order valence-corrected chi connectivity index (χ4v) is 3.17. The van der Waals surface area contributed by atoms with Gasteiger partial charge in [0.1, 0.15) is 5.75 Å². The molecule has 2 nitrogen and oxygen atoms in total. The lowest BCUT2D eigenvalue weighted by molar-refractivity contribution is 0.181. The maximum absolute atomic E-state index is 10.4. The maximum atomic E-state index is 10.4. The van der Waals surface area contributed by atoms with Gasteiger partial charge in [-0.15, -0.1) is 11.3 Å². The standard InChI is InChI=1S/C17H22O2S/c1-17(2,3)16-10-9-15(20-16)13(18)11-12-7-5-6-8-14(12)19-4/h5-10,13,18H,11H2,1-4H3. The van der Waals surface area contributed by atoms with Crippen molar-refractivity contribution in [3.05, 3.63) is 51.7 Å². The topological polar surface area (TPSA) is 29.5 Å². The number of aliphatic hydroxyl groups is 1. The molecule has 2 aromatic rings. The van der Waals surface area contributed by atoms with E-state index < -0.39 is 6.10 Å². The van der Waals surface area contributed by atoms with E-state index >= 15 is 0 Å². The Labute approximate surface area is 125 Å². The molecule has 0 radical (unpaired) electrons. The van der Waals surface area contributed by atoms with Crippen LogP contribution in [0.5, 0.6) is 5.75 Å². The van der Waals surface area contributed by atoms with Crippen LogP contribution in [0.25, 0.3) is 0 Å². The fraction of sp³-hybridized carbons (Fsp3) is 0.412. The fourth-order valence-electron chi connectivity index (χ4n) is 2.12. The quantitative estimate of drug-likeness (QED) is 0.908. The average Bonchev–Trinajstić information content (AvgIpc) is 2.89. The second-order valence-electron chi connectivity index (χ2n) is 5.98. The third-order valence-electron chi connectivity index (χ3n) is 3.30. The zero-order valence-corrected chi connectivity index (χ0v) is 13.3. The molecular weight excluding hydrogens is 268 g/mol. The Balaban J connectivity index is 2.16. The van der Waals surface area contributed by atoms with Crippen molar-refractivity contribution in [3.8, 4) is 5.75 Å². The van der Waals surface area contributed by atoms with Crippen molar-refractivity contribution < 1.29 is 9.84 Å². The van der Waals surface area contributed by atoms with Gasteiger partial charge in [0, 0.05) is 16.2 Å². The first-order valence-corrected chi connectivity index (χ1v) is 7.63. The van der Waals surface area contributed by atoms with Gasteiger partial charge in [-0.3, -0.25) is 0 Å². The summed E-state index contributed by atoms with van der Waals surface area (Å²) in [6, 6.07) is 12.0. The van der Waals surface area contributed by atoms with Crippen LogP contribution < -0.4 is 4.74 Å². The van der Waals surface area contributed by atoms with Crippen LogP contribution in [0.2, 0.25) is 0 Å². The molecule has 1 atom stereocenters. The summed E-state index contributed by atoms with van der Waals surface area (Å²) in [5.74, 6) is 0.833. The molecule has 0 spiro atoms. The minimum Gasteiger partial charge on any atom is -0.496 e. The summed E-state index contributed by atoms with van der Waals surface area (Å²) < 4.78 is 5.33. The van der Waals surface area contributed by atoms with Gasteiger partial charge in [-0.25, -0.2) is 0 Å². The SMILES string of the molecule is COc1ccccc1CC(O)c1ccc(C(C)(C)C)s1. The first-order chi connectivity index (χ1) is 9.41. The molecular formula is C17H22O2S. The predicted octanol–water partition coefficient (Wildman–Crippen LogP) is 4.33. The zero-order valence-electron chi connectivity index (χ0n) is 12.5. The lowest BCUT2D eigenvalue weighted by atomic mass is 9.95. The molecule has 0 saturated heterocycles. The Hall–Kier alpha value is -1.32. The molecule has 0 fully saturated rings. The number of aliphatic hydroxyl groups excluding tert-OH is 1. The molecule has 0 aliphatic heterocycles. The molecule has 0 saturated carbocycles. The van der Waals surface area contributed by atoms with Crippen LogP contribution in [-0.4, -0.2) is 12.2 Å². The minimum atomic E-state index is -0.479. The first-order valence-electron chi connectivity index (χ1n) is 6.82. The van der Waals surface area contributed by atoms with Crippen LogP contribution >= 0.6 is 11.3 Å². The number of para-hydroxylation sites is 1. The Bertz CT molecular complexity index is 566. The molecule has 0 amide bonds. The molecule has 0 bridgehead atoms. The van der Waals surface area contributed by atoms with Crippen LogP contribution in [0.4, 0.5) is 0 Å². The van der Waals surface area contributed by atoms with Gasteiger partial charge in [-0.2, -0.15) is 0 Å². The van der Waals surface area contributed by atoms with Crippen molar-refractivity contribution in [2.24, 2.45) is 0 Å². The summed E-state index contributed by atoms with van der Waals surface area (Å²) in [7, 11) is 1.66. The lowest BCUT2D eigenvalue weighted by Crippen LogP contribution is -2.08. The molecule has 1 aromatic carbocycles. The third-order valence-corrected chi connectivity index (χ3v) is 4.91. The van der Waals surface area contributed by atoms with Crippen molar-refractivity contribution in [3.63, 3.8) is 0 Å². The lowest BCUT2D eigenvalue weighted by Gasteiger charge is -2.16. The van der Waals surface area contributed by atoms with Crippen LogP contribution in [0.3, 0.4) is 0 Å². The smallest absolute Gasteiger partial charge is 0.122 e. The van der Waals surface area contributed by atoms with E-state index in [9.17, 15) is 5.11 Å². The number of ether oxygens (including phenoxy) is 1. The number of rotatable bonds is 4. The maximum Gasteiger partial charge on any atom is 0.122 e. The minimum absolute atomic E-state index is 0.132. The van der Waals surface area contributed by atoms with Crippen molar-refractivity contribution >= 4 is 11.3 Å². The van der Waals surface area contributed by atoms with Crippen LogP contribution in [0.15, 0.2) is 36.4 Å². The van der Waals surface area contributed by atoms with Gasteiger partial charge in [0.2, 0.25) is 0 Å². The Morgan fingerprint density at radius 1 is 1.15 bits per heavy atom. The second-order valence-corrected chi connectivity index (χ2v) is 7.10. The van der Waals surface area contributed by atoms with Gasteiger partial charge < -0.3 is 9.84 Å². The molecule has 1 aromatic heterocycles. The van der Waals surface area contributed by atoms with Crippen LogP contribution in [-0.2, 0) is 11.8 Å². The molecule has 0 aliphatic carbocycles. The Kier molecular flexibility index (Phi) is 4.51. The van der Waals surface area contributed by atoms with Crippen molar-refractivity contribution in [2.75, 3.05) is 7.11 Å². The zero-order chi connectivity index (χ0) is 14.8. The highest BCUT2D eigenvalue weighted by Crippen LogP contribution is 2.34. The van der Waals surface area contributed by atoms with Gasteiger partial charge >= 0.3 is 0 Å². The van der Waals surface area contributed by atoms with Gasteiger partial charge in [0.15, 0.2) is 0 Å². The van der Waals surface area contributed by atoms with Crippen LogP contribution in [0.1, 0.15) is 42.2 Å². The van der Waals surface area contributed by atoms with Crippen LogP contribution in [0, 0.1) is 0 Å². The molecule has 2 rings (SSSR count). The molecule has 20 heavy (non-hydrogen) atoms. The third kappa shape index (κ3) is 3.41. The normalized spacial score (nSPS) is 13.2. The monoisotopic (exact) mass is 290 g/mol. The predicted molar refractivity (Wildman–Crippen MR) is 84.7 cm³/mol. The van der Waals surface area contributed by atoms with Gasteiger partial charge in [-0.1, -0.05) is 39.0 Å².